The molecule has 1 atom stereocenters. The third-order valence-electron chi connectivity index (χ3n) is 4.23. The number of carbonyl (C=O) groups is 1. The van der Waals surface area contributed by atoms with Crippen LogP contribution in [-0.4, -0.2) is 27.2 Å². The van der Waals surface area contributed by atoms with E-state index >= 15 is 0 Å². The molecule has 0 spiro atoms. The molecule has 2 heterocycles. The van der Waals surface area contributed by atoms with Gasteiger partial charge in [0.2, 0.25) is 5.95 Å². The Labute approximate surface area is 136 Å². The number of allylic oxidation sites excluding steroid dienone is 2. The van der Waals surface area contributed by atoms with E-state index < -0.39 is 12.7 Å². The minimum absolute atomic E-state index is 0.0720. The molecule has 0 unspecified atom stereocenters. The summed E-state index contributed by atoms with van der Waals surface area (Å²) in [5.41, 5.74) is 2.30. The maximum Gasteiger partial charge on any atom is 0.387 e. The number of hydrogen-bond acceptors (Lipinski definition) is 5. The van der Waals surface area contributed by atoms with Gasteiger partial charge in [-0.05, 0) is 30.5 Å². The zero-order valence-corrected chi connectivity index (χ0v) is 12.6. The molecular weight excluding hydrogens is 318 g/mol. The first-order valence-corrected chi connectivity index (χ1v) is 7.61. The molecule has 124 valence electrons. The summed E-state index contributed by atoms with van der Waals surface area (Å²) in [5.74, 6) is 0.717. The van der Waals surface area contributed by atoms with Crippen molar-refractivity contribution < 1.29 is 18.3 Å². The second-order valence-electron chi connectivity index (χ2n) is 5.67. The highest BCUT2D eigenvalue weighted by Gasteiger charge is 2.35. The molecule has 1 aliphatic heterocycles. The molecule has 0 fully saturated rings. The number of alkyl halides is 2. The molecule has 1 aliphatic carbocycles. The van der Waals surface area contributed by atoms with Gasteiger partial charge in [0.05, 0.1) is 0 Å². The van der Waals surface area contributed by atoms with Gasteiger partial charge < -0.3 is 10.1 Å². The van der Waals surface area contributed by atoms with E-state index in [2.05, 4.69) is 20.1 Å². The molecule has 8 heteroatoms. The van der Waals surface area contributed by atoms with Crippen molar-refractivity contribution in [3.63, 3.8) is 0 Å². The summed E-state index contributed by atoms with van der Waals surface area (Å²) in [4.78, 5) is 16.6. The largest absolute Gasteiger partial charge is 0.435 e. The van der Waals surface area contributed by atoms with Crippen LogP contribution in [0.5, 0.6) is 5.75 Å². The maximum atomic E-state index is 12.5. The Morgan fingerprint density at radius 2 is 2.04 bits per heavy atom. The molecule has 2 aliphatic rings. The number of ketones is 1. The van der Waals surface area contributed by atoms with Crippen LogP contribution in [0.2, 0.25) is 0 Å². The lowest BCUT2D eigenvalue weighted by Crippen LogP contribution is -2.31. The van der Waals surface area contributed by atoms with Gasteiger partial charge in [-0.3, -0.25) is 4.79 Å². The fraction of sp³-hybridized carbons (Fsp3) is 0.312. The molecule has 0 radical (unpaired) electrons. The van der Waals surface area contributed by atoms with Crippen LogP contribution in [-0.2, 0) is 4.79 Å². The molecule has 0 saturated carbocycles. The number of anilines is 1. The second-order valence-corrected chi connectivity index (χ2v) is 5.67. The van der Waals surface area contributed by atoms with E-state index in [1.165, 1.54) is 18.5 Å². The highest BCUT2D eigenvalue weighted by Crippen LogP contribution is 2.39. The number of benzene rings is 1. The van der Waals surface area contributed by atoms with Gasteiger partial charge >= 0.3 is 6.61 Å². The zero-order chi connectivity index (χ0) is 16.7. The average Bonchev–Trinajstić information content (AvgIpc) is 3.01. The van der Waals surface area contributed by atoms with Crippen LogP contribution in [0.25, 0.3) is 0 Å². The molecule has 0 saturated heterocycles. The molecule has 1 aromatic carbocycles. The second kappa shape index (κ2) is 5.70. The monoisotopic (exact) mass is 332 g/mol. The summed E-state index contributed by atoms with van der Waals surface area (Å²) in [5, 5.41) is 7.39. The molecule has 6 nitrogen and oxygen atoms in total. The van der Waals surface area contributed by atoms with Gasteiger partial charge in [-0.15, -0.1) is 0 Å². The lowest BCUT2D eigenvalue weighted by atomic mass is 9.85. The summed E-state index contributed by atoms with van der Waals surface area (Å²) < 4.78 is 30.6. The zero-order valence-electron chi connectivity index (χ0n) is 12.6. The predicted molar refractivity (Wildman–Crippen MR) is 80.7 cm³/mol. The summed E-state index contributed by atoms with van der Waals surface area (Å²) in [6.07, 6.45) is 3.49. The van der Waals surface area contributed by atoms with Crippen LogP contribution in [0.1, 0.15) is 30.9 Å². The normalized spacial score (nSPS) is 19.8. The number of hydrogen-bond donors (Lipinski definition) is 1. The van der Waals surface area contributed by atoms with Gasteiger partial charge in [0.25, 0.3) is 0 Å². The Morgan fingerprint density at radius 3 is 2.79 bits per heavy atom. The number of rotatable bonds is 3. The Kier molecular flexibility index (Phi) is 3.51. The number of fused-ring (bicyclic) bond motifs is 1. The van der Waals surface area contributed by atoms with Crippen LogP contribution in [0.15, 0.2) is 41.9 Å². The fourth-order valence-electron chi connectivity index (χ4n) is 3.24. The highest BCUT2D eigenvalue weighted by molar-refractivity contribution is 5.99. The Morgan fingerprint density at radius 1 is 1.25 bits per heavy atom. The molecule has 2 aromatic rings. The summed E-state index contributed by atoms with van der Waals surface area (Å²) in [6.45, 7) is -2.87. The van der Waals surface area contributed by atoms with Crippen LogP contribution >= 0.6 is 0 Å². The van der Waals surface area contributed by atoms with Crippen LogP contribution < -0.4 is 10.1 Å². The lowest BCUT2D eigenvalue weighted by molar-refractivity contribution is -0.116. The minimum atomic E-state index is -2.87. The standard InChI is InChI=1S/C16H14F2N4O2/c17-15(18)24-10-6-4-9(5-7-10)14-13-11(2-1-3-12(13)23)21-16-19-8-20-22(14)16/h4-8,14-15H,1-3H2,(H,19,20,21)/t14-/m0/s1. The summed E-state index contributed by atoms with van der Waals surface area (Å²) in [6, 6.07) is 5.87. The number of nitrogens with one attached hydrogen (secondary N) is 1. The third kappa shape index (κ3) is 2.44. The first-order valence-electron chi connectivity index (χ1n) is 7.61. The van der Waals surface area contributed by atoms with E-state index in [4.69, 9.17) is 0 Å². The molecular formula is C16H14F2N4O2. The molecule has 0 bridgehead atoms. The van der Waals surface area contributed by atoms with Crippen molar-refractivity contribution in [3.05, 3.63) is 47.4 Å². The topological polar surface area (TPSA) is 69.0 Å². The molecule has 4 rings (SSSR count). The predicted octanol–water partition coefficient (Wildman–Crippen LogP) is 2.90. The van der Waals surface area contributed by atoms with E-state index in [1.807, 2.05) is 0 Å². The van der Waals surface area contributed by atoms with Crippen LogP contribution in [0, 0.1) is 0 Å². The minimum Gasteiger partial charge on any atom is -0.435 e. The average molecular weight is 332 g/mol. The molecule has 1 aromatic heterocycles. The first kappa shape index (κ1) is 14.8. The van der Waals surface area contributed by atoms with Crippen molar-refractivity contribution >= 4 is 11.7 Å². The van der Waals surface area contributed by atoms with Gasteiger partial charge in [-0.2, -0.15) is 18.9 Å². The van der Waals surface area contributed by atoms with E-state index in [0.717, 1.165) is 24.1 Å². The number of ether oxygens (including phenoxy) is 1. The summed E-state index contributed by atoms with van der Waals surface area (Å²) in [7, 11) is 0. The van der Waals surface area contributed by atoms with Gasteiger partial charge in [0.1, 0.15) is 18.1 Å². The smallest absolute Gasteiger partial charge is 0.387 e. The van der Waals surface area contributed by atoms with Crippen molar-refractivity contribution in [1.82, 2.24) is 14.8 Å². The quantitative estimate of drug-likeness (QED) is 0.936. The Bertz CT molecular complexity index is 814. The van der Waals surface area contributed by atoms with Gasteiger partial charge in [-0.1, -0.05) is 12.1 Å². The van der Waals surface area contributed by atoms with E-state index in [9.17, 15) is 13.6 Å². The number of nitrogens with zero attached hydrogens (tertiary/aromatic N) is 3. The number of Topliss-reactive ketones (excluding diaryl/α,β-unsaturated/α-hetero) is 1. The molecule has 24 heavy (non-hydrogen) atoms. The van der Waals surface area contributed by atoms with Crippen molar-refractivity contribution in [2.24, 2.45) is 0 Å². The first-order chi connectivity index (χ1) is 11.6. The Hall–Kier alpha value is -2.77. The number of halogens is 2. The maximum absolute atomic E-state index is 12.5. The van der Waals surface area contributed by atoms with E-state index in [1.54, 1.807) is 16.8 Å². The number of carbonyl (C=O) groups excluding carboxylic acids is 1. The van der Waals surface area contributed by atoms with Crippen molar-refractivity contribution in [1.29, 1.82) is 0 Å². The number of aromatic nitrogens is 3. The van der Waals surface area contributed by atoms with Crippen molar-refractivity contribution in [3.8, 4) is 5.75 Å². The van der Waals surface area contributed by atoms with Crippen molar-refractivity contribution in [2.45, 2.75) is 31.9 Å². The third-order valence-corrected chi connectivity index (χ3v) is 4.23. The van der Waals surface area contributed by atoms with Crippen molar-refractivity contribution in [2.75, 3.05) is 5.32 Å². The Balaban J connectivity index is 1.77. The summed E-state index contributed by atoms with van der Waals surface area (Å²) >= 11 is 0. The van der Waals surface area contributed by atoms with E-state index in [0.29, 0.717) is 17.9 Å². The lowest BCUT2D eigenvalue weighted by Gasteiger charge is -2.32. The highest BCUT2D eigenvalue weighted by atomic mass is 19.3. The van der Waals surface area contributed by atoms with Crippen LogP contribution in [0.3, 0.4) is 0 Å². The van der Waals surface area contributed by atoms with Crippen LogP contribution in [0.4, 0.5) is 14.7 Å². The van der Waals surface area contributed by atoms with Gasteiger partial charge in [0.15, 0.2) is 5.78 Å². The van der Waals surface area contributed by atoms with E-state index in [-0.39, 0.29) is 11.5 Å². The molecule has 1 N–H and O–H groups in total. The van der Waals surface area contributed by atoms with Gasteiger partial charge in [0, 0.05) is 17.7 Å². The SMILES string of the molecule is O=C1CCCC2=C1[C@H](c1ccc(OC(F)F)cc1)n1ncnc1N2. The van der Waals surface area contributed by atoms with Gasteiger partial charge in [-0.25, -0.2) is 4.68 Å². The fourth-order valence-corrected chi connectivity index (χ4v) is 3.24. The molecule has 0 amide bonds.